The van der Waals surface area contributed by atoms with E-state index in [-0.39, 0.29) is 6.42 Å². The van der Waals surface area contributed by atoms with Gasteiger partial charge in [0.2, 0.25) is 0 Å². The van der Waals surface area contributed by atoms with E-state index in [1.54, 1.807) is 30.4 Å². The van der Waals surface area contributed by atoms with E-state index in [2.05, 4.69) is 18.0 Å². The molecule has 0 aliphatic carbocycles. The zero-order chi connectivity index (χ0) is 22.6. The molecule has 1 aromatic rings. The average Bonchev–Trinajstić information content (AvgIpc) is 2.68. The molecule has 1 aromatic heterocycles. The van der Waals surface area contributed by atoms with Crippen molar-refractivity contribution in [1.29, 1.82) is 0 Å². The monoisotopic (exact) mass is 365 g/mol. The van der Waals surface area contributed by atoms with Gasteiger partial charge in [0, 0.05) is 24.2 Å². The van der Waals surface area contributed by atoms with E-state index in [0.29, 0.717) is 17.8 Å². The van der Waals surface area contributed by atoms with E-state index in [9.17, 15) is 10.2 Å². The van der Waals surface area contributed by atoms with Gasteiger partial charge in [-0.05, 0) is 56.6 Å². The summed E-state index contributed by atoms with van der Waals surface area (Å²) in [5.41, 5.74) is 1.15. The SMILES string of the molecule is [2H]C([2H])(CO)C([2H])([2H])C[C@H](O)Cc1cccc(/C=C/[C@H](O)C/C=C\CCCCC)n1. The fourth-order valence-electron chi connectivity index (χ4n) is 2.42. The Hall–Kier alpha value is -1.49. The average molecular weight is 366 g/mol. The molecule has 0 spiro atoms. The number of pyridine rings is 1. The molecule has 4 nitrogen and oxygen atoms in total. The lowest BCUT2D eigenvalue weighted by atomic mass is 10.1. The first-order chi connectivity index (χ1) is 14.1. The highest BCUT2D eigenvalue weighted by Crippen LogP contribution is 2.10. The first-order valence-electron chi connectivity index (χ1n) is 11.4. The maximum atomic E-state index is 10.2. The van der Waals surface area contributed by atoms with Gasteiger partial charge in [0.05, 0.1) is 17.9 Å². The molecular weight excluding hydrogens is 326 g/mol. The third kappa shape index (κ3) is 11.2. The molecule has 0 aromatic carbocycles. The predicted molar refractivity (Wildman–Crippen MR) is 108 cm³/mol. The zero-order valence-corrected chi connectivity index (χ0v) is 15.6. The van der Waals surface area contributed by atoms with Crippen molar-refractivity contribution in [2.24, 2.45) is 0 Å². The van der Waals surface area contributed by atoms with Crippen molar-refractivity contribution in [1.82, 2.24) is 4.98 Å². The third-order valence-electron chi connectivity index (χ3n) is 3.82. The minimum Gasteiger partial charge on any atom is -0.396 e. The van der Waals surface area contributed by atoms with Crippen LogP contribution >= 0.6 is 0 Å². The molecule has 0 fully saturated rings. The third-order valence-corrected chi connectivity index (χ3v) is 3.82. The summed E-state index contributed by atoms with van der Waals surface area (Å²) in [5, 5.41) is 29.3. The largest absolute Gasteiger partial charge is 0.396 e. The number of aliphatic hydroxyl groups is 3. The lowest BCUT2D eigenvalue weighted by Gasteiger charge is -2.10. The molecule has 0 aliphatic heterocycles. The van der Waals surface area contributed by atoms with Crippen LogP contribution in [0.25, 0.3) is 6.08 Å². The maximum absolute atomic E-state index is 10.2. The van der Waals surface area contributed by atoms with Crippen molar-refractivity contribution < 1.29 is 20.8 Å². The second kappa shape index (κ2) is 14.7. The topological polar surface area (TPSA) is 73.6 Å². The molecule has 26 heavy (non-hydrogen) atoms. The van der Waals surface area contributed by atoms with Gasteiger partial charge in [-0.15, -0.1) is 0 Å². The van der Waals surface area contributed by atoms with Crippen molar-refractivity contribution in [2.45, 2.75) is 76.8 Å². The van der Waals surface area contributed by atoms with Crippen molar-refractivity contribution >= 4 is 6.08 Å². The van der Waals surface area contributed by atoms with Gasteiger partial charge in [-0.3, -0.25) is 4.98 Å². The second-order valence-corrected chi connectivity index (χ2v) is 6.26. The first kappa shape index (κ1) is 16.7. The van der Waals surface area contributed by atoms with Gasteiger partial charge in [-0.1, -0.05) is 44.1 Å². The molecule has 2 atom stereocenters. The van der Waals surface area contributed by atoms with Crippen LogP contribution < -0.4 is 0 Å². The van der Waals surface area contributed by atoms with Crippen LogP contribution in [-0.4, -0.2) is 39.1 Å². The predicted octanol–water partition coefficient (Wildman–Crippen LogP) is 4.05. The van der Waals surface area contributed by atoms with Gasteiger partial charge in [0.15, 0.2) is 0 Å². The Balaban J connectivity index is 2.58. The van der Waals surface area contributed by atoms with Crippen molar-refractivity contribution in [3.8, 4) is 0 Å². The Kier molecular flexibility index (Phi) is 9.39. The summed E-state index contributed by atoms with van der Waals surface area (Å²) in [5.74, 6) is 0. The maximum Gasteiger partial charge on any atom is 0.0759 e. The Bertz CT molecular complexity index is 680. The molecule has 0 saturated heterocycles. The second-order valence-electron chi connectivity index (χ2n) is 6.26. The fraction of sp³-hybridized carbons (Fsp3) is 0.591. The van der Waals surface area contributed by atoms with Crippen molar-refractivity contribution in [3.05, 3.63) is 47.8 Å². The highest BCUT2D eigenvalue weighted by atomic mass is 16.3. The summed E-state index contributed by atoms with van der Waals surface area (Å²) in [7, 11) is 0. The quantitative estimate of drug-likeness (QED) is 0.343. The summed E-state index contributed by atoms with van der Waals surface area (Å²) in [6.45, 7) is 1.21. The Labute approximate surface area is 163 Å². The molecule has 0 bridgehead atoms. The fourth-order valence-corrected chi connectivity index (χ4v) is 2.42. The van der Waals surface area contributed by atoms with E-state index >= 15 is 0 Å². The summed E-state index contributed by atoms with van der Waals surface area (Å²) in [6, 6.07) is 5.23. The number of aliphatic hydroxyl groups excluding tert-OH is 3. The summed E-state index contributed by atoms with van der Waals surface area (Å²) in [4.78, 5) is 4.39. The molecule has 146 valence electrons. The number of unbranched alkanes of at least 4 members (excludes halogenated alkanes) is 3. The number of hydrogen-bond acceptors (Lipinski definition) is 4. The molecule has 0 unspecified atom stereocenters. The van der Waals surface area contributed by atoms with E-state index in [1.807, 2.05) is 6.08 Å². The van der Waals surface area contributed by atoms with Crippen LogP contribution in [0.5, 0.6) is 0 Å². The first-order valence-corrected chi connectivity index (χ1v) is 9.37. The molecule has 0 saturated carbocycles. The van der Waals surface area contributed by atoms with Gasteiger partial charge in [-0.25, -0.2) is 0 Å². The van der Waals surface area contributed by atoms with E-state index in [1.165, 1.54) is 12.8 Å². The minimum absolute atomic E-state index is 0.0613. The smallest absolute Gasteiger partial charge is 0.0759 e. The summed E-state index contributed by atoms with van der Waals surface area (Å²) >= 11 is 0. The van der Waals surface area contributed by atoms with Gasteiger partial charge in [0.1, 0.15) is 0 Å². The highest BCUT2D eigenvalue weighted by molar-refractivity contribution is 5.45. The Morgan fingerprint density at radius 1 is 1.19 bits per heavy atom. The van der Waals surface area contributed by atoms with Crippen LogP contribution in [0.15, 0.2) is 36.4 Å². The molecule has 0 aliphatic rings. The molecule has 1 heterocycles. The number of rotatable bonds is 14. The molecule has 0 amide bonds. The lowest BCUT2D eigenvalue weighted by molar-refractivity contribution is 0.156. The van der Waals surface area contributed by atoms with E-state index < -0.39 is 38.0 Å². The standard InChI is InChI=1S/C22H35NO3/c1-2-3-4-5-6-7-13-21(25)16-15-19-11-10-12-20(23-19)18-22(26)14-8-9-17-24/h6-7,10-12,15-16,21-22,24-26H,2-5,8-9,13-14,17-18H2,1H3/b7-6-,16-15+/t21-,22+/m1/s1/i8D2,9D2. The normalized spacial score (nSPS) is 17.7. The van der Waals surface area contributed by atoms with Gasteiger partial charge >= 0.3 is 0 Å². The van der Waals surface area contributed by atoms with Crippen molar-refractivity contribution in [2.75, 3.05) is 6.61 Å². The molecule has 0 radical (unpaired) electrons. The number of aromatic nitrogens is 1. The van der Waals surface area contributed by atoms with Gasteiger partial charge in [0.25, 0.3) is 0 Å². The molecular formula is C22H35NO3. The number of nitrogens with zero attached hydrogens (tertiary/aromatic N) is 1. The van der Waals surface area contributed by atoms with Crippen molar-refractivity contribution in [3.63, 3.8) is 0 Å². The van der Waals surface area contributed by atoms with Crippen LogP contribution in [0.2, 0.25) is 0 Å². The van der Waals surface area contributed by atoms with Crippen LogP contribution in [0.4, 0.5) is 0 Å². The molecule has 4 heteroatoms. The van der Waals surface area contributed by atoms with Crippen LogP contribution in [0.3, 0.4) is 0 Å². The number of allylic oxidation sites excluding steroid dienone is 1. The van der Waals surface area contributed by atoms with Gasteiger partial charge < -0.3 is 15.3 Å². The summed E-state index contributed by atoms with van der Waals surface area (Å²) in [6.07, 6.45) is 5.59. The molecule has 1 rings (SSSR count). The Morgan fingerprint density at radius 2 is 2.04 bits per heavy atom. The minimum atomic E-state index is -2.44. The van der Waals surface area contributed by atoms with Gasteiger partial charge in [-0.2, -0.15) is 0 Å². The van der Waals surface area contributed by atoms with Crippen LogP contribution in [0, 0.1) is 0 Å². The highest BCUT2D eigenvalue weighted by Gasteiger charge is 2.06. The Morgan fingerprint density at radius 3 is 2.81 bits per heavy atom. The zero-order valence-electron chi connectivity index (χ0n) is 19.6. The summed E-state index contributed by atoms with van der Waals surface area (Å²) < 4.78 is 30.7. The number of hydrogen-bond donors (Lipinski definition) is 3. The van der Waals surface area contributed by atoms with Crippen LogP contribution in [-0.2, 0) is 6.42 Å². The van der Waals surface area contributed by atoms with Crippen LogP contribution in [0.1, 0.15) is 75.1 Å². The lowest BCUT2D eigenvalue weighted by Crippen LogP contribution is -2.11. The van der Waals surface area contributed by atoms with E-state index in [0.717, 1.165) is 12.8 Å². The molecule has 3 N–H and O–H groups in total. The van der Waals surface area contributed by atoms with E-state index in [4.69, 9.17) is 10.6 Å².